The molecule has 26 heavy (non-hydrogen) atoms. The quantitative estimate of drug-likeness (QED) is 0.544. The highest BCUT2D eigenvalue weighted by Gasteiger charge is 2.15. The Kier molecular flexibility index (Phi) is 4.16. The standard InChI is InChI=1S/C19H19N5OS/c1-19(2,3)14-6-8-15(9-7-14)25-12-16-23-24-17(21-22-18(24)26-16)13-5-4-10-20-11-13/h4-11H,12H2,1-3H3. The third-order valence-electron chi connectivity index (χ3n) is 4.04. The highest BCUT2D eigenvalue weighted by atomic mass is 32.1. The zero-order valence-corrected chi connectivity index (χ0v) is 15.7. The molecule has 1 aromatic carbocycles. The molecule has 132 valence electrons. The van der Waals surface area contributed by atoms with Gasteiger partial charge < -0.3 is 4.74 Å². The van der Waals surface area contributed by atoms with Gasteiger partial charge in [0, 0.05) is 18.0 Å². The molecule has 0 N–H and O–H groups in total. The van der Waals surface area contributed by atoms with E-state index in [0.29, 0.717) is 12.4 Å². The van der Waals surface area contributed by atoms with Gasteiger partial charge >= 0.3 is 0 Å². The summed E-state index contributed by atoms with van der Waals surface area (Å²) in [6.45, 7) is 6.99. The van der Waals surface area contributed by atoms with Gasteiger partial charge in [0.05, 0.1) is 0 Å². The maximum atomic E-state index is 5.88. The molecular formula is C19H19N5OS. The summed E-state index contributed by atoms with van der Waals surface area (Å²) in [5.41, 5.74) is 2.30. The summed E-state index contributed by atoms with van der Waals surface area (Å²) in [7, 11) is 0. The number of nitrogens with zero attached hydrogens (tertiary/aromatic N) is 5. The van der Waals surface area contributed by atoms with Gasteiger partial charge in [0.1, 0.15) is 12.4 Å². The van der Waals surface area contributed by atoms with Crippen molar-refractivity contribution in [3.05, 3.63) is 59.4 Å². The normalized spacial score (nSPS) is 11.8. The highest BCUT2D eigenvalue weighted by Crippen LogP contribution is 2.25. The van der Waals surface area contributed by atoms with Crippen LogP contribution in [0.4, 0.5) is 0 Å². The predicted molar refractivity (Wildman–Crippen MR) is 101 cm³/mol. The van der Waals surface area contributed by atoms with E-state index < -0.39 is 0 Å². The monoisotopic (exact) mass is 365 g/mol. The second kappa shape index (κ2) is 6.49. The van der Waals surface area contributed by atoms with Crippen LogP contribution in [0.25, 0.3) is 16.3 Å². The molecule has 4 aromatic rings. The molecule has 0 bridgehead atoms. The maximum absolute atomic E-state index is 5.88. The number of aromatic nitrogens is 5. The number of hydrogen-bond acceptors (Lipinski definition) is 6. The molecule has 0 atom stereocenters. The Morgan fingerprint density at radius 2 is 1.88 bits per heavy atom. The van der Waals surface area contributed by atoms with Crippen molar-refractivity contribution in [1.29, 1.82) is 0 Å². The first-order valence-corrected chi connectivity index (χ1v) is 9.17. The van der Waals surface area contributed by atoms with Gasteiger partial charge in [0.15, 0.2) is 10.8 Å². The van der Waals surface area contributed by atoms with Crippen LogP contribution in [0.2, 0.25) is 0 Å². The van der Waals surface area contributed by atoms with Gasteiger partial charge in [-0.3, -0.25) is 4.98 Å². The fourth-order valence-corrected chi connectivity index (χ4v) is 3.33. The summed E-state index contributed by atoms with van der Waals surface area (Å²) >= 11 is 1.47. The van der Waals surface area contributed by atoms with Crippen LogP contribution in [0, 0.1) is 0 Å². The molecule has 0 aliphatic carbocycles. The lowest BCUT2D eigenvalue weighted by Gasteiger charge is -2.19. The van der Waals surface area contributed by atoms with Crippen LogP contribution in [0.5, 0.6) is 5.75 Å². The largest absolute Gasteiger partial charge is 0.486 e. The highest BCUT2D eigenvalue weighted by molar-refractivity contribution is 7.16. The lowest BCUT2D eigenvalue weighted by Crippen LogP contribution is -2.10. The van der Waals surface area contributed by atoms with Crippen LogP contribution in [-0.4, -0.2) is 24.8 Å². The SMILES string of the molecule is CC(C)(C)c1ccc(OCc2nn3c(-c4cccnc4)nnc3s2)cc1. The van der Waals surface area contributed by atoms with Crippen molar-refractivity contribution in [2.45, 2.75) is 32.8 Å². The predicted octanol–water partition coefficient (Wildman–Crippen LogP) is 4.12. The van der Waals surface area contributed by atoms with Crippen molar-refractivity contribution in [2.75, 3.05) is 0 Å². The van der Waals surface area contributed by atoms with Crippen LogP contribution in [0.15, 0.2) is 48.8 Å². The molecule has 6 nitrogen and oxygen atoms in total. The van der Waals surface area contributed by atoms with Crippen molar-refractivity contribution >= 4 is 16.3 Å². The number of rotatable bonds is 4. The minimum absolute atomic E-state index is 0.134. The second-order valence-electron chi connectivity index (χ2n) is 7.02. The number of pyridine rings is 1. The van der Waals surface area contributed by atoms with E-state index in [9.17, 15) is 0 Å². The lowest BCUT2D eigenvalue weighted by molar-refractivity contribution is 0.304. The molecule has 3 heterocycles. The molecule has 0 radical (unpaired) electrons. The Labute approximate surface area is 155 Å². The summed E-state index contributed by atoms with van der Waals surface area (Å²) in [6.07, 6.45) is 3.48. The first kappa shape index (κ1) is 16.7. The number of ether oxygens (including phenoxy) is 1. The van der Waals surface area contributed by atoms with Gasteiger partial charge in [0.25, 0.3) is 0 Å². The molecule has 0 unspecified atom stereocenters. The minimum Gasteiger partial charge on any atom is -0.486 e. The maximum Gasteiger partial charge on any atom is 0.235 e. The summed E-state index contributed by atoms with van der Waals surface area (Å²) in [5.74, 6) is 1.52. The van der Waals surface area contributed by atoms with E-state index in [1.165, 1.54) is 16.9 Å². The Morgan fingerprint density at radius 1 is 1.08 bits per heavy atom. The van der Waals surface area contributed by atoms with Gasteiger partial charge in [-0.1, -0.05) is 44.2 Å². The zero-order valence-electron chi connectivity index (χ0n) is 14.9. The Bertz CT molecular complexity index is 1020. The van der Waals surface area contributed by atoms with E-state index in [1.807, 2.05) is 24.3 Å². The van der Waals surface area contributed by atoms with Crippen LogP contribution < -0.4 is 4.74 Å². The van der Waals surface area contributed by atoms with Crippen molar-refractivity contribution < 1.29 is 4.74 Å². The molecule has 0 saturated heterocycles. The van der Waals surface area contributed by atoms with E-state index in [1.54, 1.807) is 16.9 Å². The fourth-order valence-electron chi connectivity index (χ4n) is 2.59. The van der Waals surface area contributed by atoms with Gasteiger partial charge in [-0.15, -0.1) is 10.2 Å². The second-order valence-corrected chi connectivity index (χ2v) is 8.06. The average molecular weight is 365 g/mol. The molecule has 0 fully saturated rings. The van der Waals surface area contributed by atoms with Crippen LogP contribution in [0.1, 0.15) is 31.3 Å². The van der Waals surface area contributed by atoms with Gasteiger partial charge in [-0.2, -0.15) is 9.61 Å². The van der Waals surface area contributed by atoms with Crippen molar-refractivity contribution in [2.24, 2.45) is 0 Å². The van der Waals surface area contributed by atoms with E-state index in [2.05, 4.69) is 53.2 Å². The molecule has 0 saturated carbocycles. The first-order valence-electron chi connectivity index (χ1n) is 8.35. The van der Waals surface area contributed by atoms with Gasteiger partial charge in [0.2, 0.25) is 4.96 Å². The third-order valence-corrected chi connectivity index (χ3v) is 4.91. The van der Waals surface area contributed by atoms with Crippen LogP contribution >= 0.6 is 11.3 Å². The Balaban J connectivity index is 1.51. The molecule has 0 aliphatic heterocycles. The molecule has 4 rings (SSSR count). The van der Waals surface area contributed by atoms with E-state index in [0.717, 1.165) is 21.3 Å². The molecule has 7 heteroatoms. The van der Waals surface area contributed by atoms with Crippen molar-refractivity contribution in [1.82, 2.24) is 24.8 Å². The van der Waals surface area contributed by atoms with E-state index in [-0.39, 0.29) is 5.41 Å². The topological polar surface area (TPSA) is 65.2 Å². The molecular weight excluding hydrogens is 346 g/mol. The smallest absolute Gasteiger partial charge is 0.235 e. The van der Waals surface area contributed by atoms with E-state index in [4.69, 9.17) is 4.74 Å². The molecule has 3 aromatic heterocycles. The zero-order chi connectivity index (χ0) is 18.1. The fraction of sp³-hybridized carbons (Fsp3) is 0.263. The number of benzene rings is 1. The van der Waals surface area contributed by atoms with Crippen molar-refractivity contribution in [3.63, 3.8) is 0 Å². The summed E-state index contributed by atoms with van der Waals surface area (Å²) in [5, 5.41) is 13.8. The van der Waals surface area contributed by atoms with Gasteiger partial charge in [-0.25, -0.2) is 0 Å². The number of hydrogen-bond donors (Lipinski definition) is 0. The van der Waals surface area contributed by atoms with E-state index >= 15 is 0 Å². The Morgan fingerprint density at radius 3 is 2.58 bits per heavy atom. The van der Waals surface area contributed by atoms with Crippen LogP contribution in [-0.2, 0) is 12.0 Å². The van der Waals surface area contributed by atoms with Gasteiger partial charge in [-0.05, 0) is 35.2 Å². The summed E-state index contributed by atoms with van der Waals surface area (Å²) < 4.78 is 7.62. The summed E-state index contributed by atoms with van der Waals surface area (Å²) in [4.78, 5) is 4.87. The molecule has 0 spiro atoms. The lowest BCUT2D eigenvalue weighted by atomic mass is 9.87. The Hall–Kier alpha value is -2.80. The minimum atomic E-state index is 0.134. The first-order chi connectivity index (χ1) is 12.5. The number of fused-ring (bicyclic) bond motifs is 1. The summed E-state index contributed by atoms with van der Waals surface area (Å²) in [6, 6.07) is 12.0. The van der Waals surface area contributed by atoms with Crippen LogP contribution in [0.3, 0.4) is 0 Å². The third kappa shape index (κ3) is 3.30. The average Bonchev–Trinajstić information content (AvgIpc) is 3.20. The molecule has 0 amide bonds. The molecule has 0 aliphatic rings. The van der Waals surface area contributed by atoms with Crippen molar-refractivity contribution in [3.8, 4) is 17.1 Å².